The molecule has 3 N–H and O–H groups in total. The second-order valence-electron chi connectivity index (χ2n) is 6.92. The monoisotopic (exact) mass is 381 g/mol. The number of nitrogens with one attached hydrogen (secondary N) is 3. The number of carbonyl (C=O) groups is 2. The smallest absolute Gasteiger partial charge is 0.270 e. The summed E-state index contributed by atoms with van der Waals surface area (Å²) < 4.78 is 5.21. The minimum Gasteiger partial charge on any atom is -0.376 e. The molecule has 8 heteroatoms. The van der Waals surface area contributed by atoms with E-state index in [-0.39, 0.29) is 18.4 Å². The van der Waals surface area contributed by atoms with Gasteiger partial charge in [0.15, 0.2) is 0 Å². The summed E-state index contributed by atoms with van der Waals surface area (Å²) in [4.78, 5) is 29.1. The Labute approximate surface area is 162 Å². The molecule has 2 heterocycles. The fourth-order valence-electron chi connectivity index (χ4n) is 2.68. The first-order valence-electron chi connectivity index (χ1n) is 9.01. The SMILES string of the molecule is Cc1ccc(NCC(=O)NNC(=O)c2cc(C(C)C)nc3onc(C)c23)cc1. The number of fused-ring (bicyclic) bond motifs is 1. The highest BCUT2D eigenvalue weighted by molar-refractivity contribution is 6.06. The fraction of sp³-hybridized carbons (Fsp3) is 0.300. The summed E-state index contributed by atoms with van der Waals surface area (Å²) in [6.45, 7) is 7.70. The van der Waals surface area contributed by atoms with E-state index in [9.17, 15) is 9.59 Å². The summed E-state index contributed by atoms with van der Waals surface area (Å²) in [5.41, 5.74) is 8.76. The minimum atomic E-state index is -0.454. The maximum atomic E-state index is 12.7. The Kier molecular flexibility index (Phi) is 5.58. The van der Waals surface area contributed by atoms with E-state index >= 15 is 0 Å². The van der Waals surface area contributed by atoms with Crippen LogP contribution in [0, 0.1) is 13.8 Å². The van der Waals surface area contributed by atoms with Gasteiger partial charge in [-0.3, -0.25) is 20.4 Å². The van der Waals surface area contributed by atoms with Crippen molar-refractivity contribution < 1.29 is 14.1 Å². The number of anilines is 1. The summed E-state index contributed by atoms with van der Waals surface area (Å²) in [6, 6.07) is 9.37. The van der Waals surface area contributed by atoms with E-state index in [1.807, 2.05) is 45.0 Å². The van der Waals surface area contributed by atoms with Crippen LogP contribution in [0.4, 0.5) is 5.69 Å². The number of carbonyl (C=O) groups excluding carboxylic acids is 2. The third-order valence-electron chi connectivity index (χ3n) is 4.29. The second-order valence-corrected chi connectivity index (χ2v) is 6.92. The van der Waals surface area contributed by atoms with Gasteiger partial charge in [0, 0.05) is 11.4 Å². The maximum Gasteiger partial charge on any atom is 0.270 e. The Hall–Kier alpha value is -3.42. The van der Waals surface area contributed by atoms with E-state index in [0.29, 0.717) is 28.1 Å². The van der Waals surface area contributed by atoms with Crippen molar-refractivity contribution in [1.82, 2.24) is 21.0 Å². The Morgan fingerprint density at radius 1 is 1.11 bits per heavy atom. The first kappa shape index (κ1) is 19.3. The number of nitrogens with zero attached hydrogens (tertiary/aromatic N) is 2. The van der Waals surface area contributed by atoms with Gasteiger partial charge in [-0.15, -0.1) is 0 Å². The van der Waals surface area contributed by atoms with Crippen LogP contribution in [0.25, 0.3) is 11.1 Å². The van der Waals surface area contributed by atoms with Crippen molar-refractivity contribution in [3.05, 3.63) is 52.8 Å². The lowest BCUT2D eigenvalue weighted by atomic mass is 10.0. The van der Waals surface area contributed by atoms with Crippen LogP contribution in [0.2, 0.25) is 0 Å². The van der Waals surface area contributed by atoms with Crippen LogP contribution < -0.4 is 16.2 Å². The molecule has 0 spiro atoms. The van der Waals surface area contributed by atoms with Gasteiger partial charge in [0.05, 0.1) is 23.2 Å². The zero-order chi connectivity index (χ0) is 20.3. The number of amides is 2. The molecule has 3 rings (SSSR count). The molecular formula is C20H23N5O3. The summed E-state index contributed by atoms with van der Waals surface area (Å²) in [5, 5.41) is 7.42. The molecule has 28 heavy (non-hydrogen) atoms. The molecule has 0 aliphatic rings. The van der Waals surface area contributed by atoms with Crippen molar-refractivity contribution in [3.8, 4) is 0 Å². The van der Waals surface area contributed by atoms with Gasteiger partial charge in [-0.2, -0.15) is 0 Å². The highest BCUT2D eigenvalue weighted by atomic mass is 16.5. The van der Waals surface area contributed by atoms with E-state index in [0.717, 1.165) is 11.3 Å². The molecule has 0 aliphatic carbocycles. The average molecular weight is 381 g/mol. The predicted octanol–water partition coefficient (Wildman–Crippen LogP) is 2.84. The van der Waals surface area contributed by atoms with Crippen LogP contribution in [0.3, 0.4) is 0 Å². The van der Waals surface area contributed by atoms with Crippen LogP contribution in [-0.2, 0) is 4.79 Å². The zero-order valence-corrected chi connectivity index (χ0v) is 16.3. The Bertz CT molecular complexity index is 1010. The largest absolute Gasteiger partial charge is 0.376 e. The lowest BCUT2D eigenvalue weighted by molar-refractivity contribution is -0.120. The number of hydrazine groups is 1. The first-order chi connectivity index (χ1) is 13.3. The van der Waals surface area contributed by atoms with Crippen molar-refractivity contribution in [3.63, 3.8) is 0 Å². The molecule has 8 nitrogen and oxygen atoms in total. The van der Waals surface area contributed by atoms with E-state index < -0.39 is 5.91 Å². The van der Waals surface area contributed by atoms with Crippen molar-refractivity contribution in [2.45, 2.75) is 33.6 Å². The van der Waals surface area contributed by atoms with Gasteiger partial charge in [0.1, 0.15) is 0 Å². The number of hydrogen-bond donors (Lipinski definition) is 3. The number of hydrogen-bond acceptors (Lipinski definition) is 6. The summed E-state index contributed by atoms with van der Waals surface area (Å²) >= 11 is 0. The normalized spacial score (nSPS) is 10.9. The van der Waals surface area contributed by atoms with Gasteiger partial charge in [-0.1, -0.05) is 36.7 Å². The van der Waals surface area contributed by atoms with E-state index in [4.69, 9.17) is 4.52 Å². The number of aromatic nitrogens is 2. The fourth-order valence-corrected chi connectivity index (χ4v) is 2.68. The molecule has 1 aromatic carbocycles. The van der Waals surface area contributed by atoms with Crippen LogP contribution >= 0.6 is 0 Å². The highest BCUT2D eigenvalue weighted by Crippen LogP contribution is 2.24. The Morgan fingerprint density at radius 2 is 1.82 bits per heavy atom. The molecule has 0 bridgehead atoms. The third kappa shape index (κ3) is 4.28. The molecule has 0 saturated carbocycles. The minimum absolute atomic E-state index is 0.0264. The molecule has 2 amide bonds. The van der Waals surface area contributed by atoms with Crippen molar-refractivity contribution >= 4 is 28.6 Å². The molecule has 0 unspecified atom stereocenters. The molecule has 0 saturated heterocycles. The van der Waals surface area contributed by atoms with Gasteiger partial charge in [-0.05, 0) is 38.0 Å². The number of benzene rings is 1. The van der Waals surface area contributed by atoms with E-state index in [1.54, 1.807) is 13.0 Å². The molecule has 3 aromatic rings. The Balaban J connectivity index is 1.66. The van der Waals surface area contributed by atoms with Gasteiger partial charge in [-0.25, -0.2) is 4.98 Å². The number of rotatable bonds is 5. The number of pyridine rings is 1. The molecule has 0 fully saturated rings. The topological polar surface area (TPSA) is 109 Å². The number of aryl methyl sites for hydroxylation is 2. The van der Waals surface area contributed by atoms with E-state index in [2.05, 4.69) is 26.3 Å². The summed E-state index contributed by atoms with van der Waals surface area (Å²) in [7, 11) is 0. The Morgan fingerprint density at radius 3 is 2.50 bits per heavy atom. The van der Waals surface area contributed by atoms with Gasteiger partial charge < -0.3 is 9.84 Å². The lowest BCUT2D eigenvalue weighted by Crippen LogP contribution is -2.44. The molecular weight excluding hydrogens is 358 g/mol. The first-order valence-corrected chi connectivity index (χ1v) is 9.01. The highest BCUT2D eigenvalue weighted by Gasteiger charge is 2.20. The van der Waals surface area contributed by atoms with Gasteiger partial charge in [0.2, 0.25) is 0 Å². The lowest BCUT2D eigenvalue weighted by Gasteiger charge is -2.11. The van der Waals surface area contributed by atoms with Crippen molar-refractivity contribution in [1.29, 1.82) is 0 Å². The zero-order valence-electron chi connectivity index (χ0n) is 16.3. The van der Waals surface area contributed by atoms with Crippen LogP contribution in [0.1, 0.15) is 47.1 Å². The summed E-state index contributed by atoms with van der Waals surface area (Å²) in [5.74, 6) is -0.718. The van der Waals surface area contributed by atoms with Crippen molar-refractivity contribution in [2.24, 2.45) is 0 Å². The van der Waals surface area contributed by atoms with Gasteiger partial charge >= 0.3 is 0 Å². The molecule has 0 aliphatic heterocycles. The average Bonchev–Trinajstić information content (AvgIpc) is 3.06. The van der Waals surface area contributed by atoms with Crippen LogP contribution in [0.5, 0.6) is 0 Å². The molecule has 0 radical (unpaired) electrons. The summed E-state index contributed by atoms with van der Waals surface area (Å²) in [6.07, 6.45) is 0. The van der Waals surface area contributed by atoms with Crippen LogP contribution in [0.15, 0.2) is 34.9 Å². The molecule has 146 valence electrons. The van der Waals surface area contributed by atoms with Crippen molar-refractivity contribution in [2.75, 3.05) is 11.9 Å². The second kappa shape index (κ2) is 8.08. The van der Waals surface area contributed by atoms with Crippen LogP contribution in [-0.4, -0.2) is 28.5 Å². The molecule has 2 aromatic heterocycles. The molecule has 0 atom stereocenters. The predicted molar refractivity (Wildman–Crippen MR) is 106 cm³/mol. The maximum absolute atomic E-state index is 12.7. The third-order valence-corrected chi connectivity index (χ3v) is 4.29. The standard InChI is InChI=1S/C20H23N5O3/c1-11(2)16-9-15(18-13(4)25-28-20(18)22-16)19(27)24-23-17(26)10-21-14-7-5-12(3)6-8-14/h5-9,11,21H,10H2,1-4H3,(H,23,26)(H,24,27). The van der Waals surface area contributed by atoms with Gasteiger partial charge in [0.25, 0.3) is 17.5 Å². The van der Waals surface area contributed by atoms with E-state index in [1.165, 1.54) is 0 Å². The quantitative estimate of drug-likeness (QED) is 0.587.